The maximum Gasteiger partial charge on any atom is 0.139 e. The molecular formula is C26H24O. The van der Waals surface area contributed by atoms with E-state index in [1.165, 1.54) is 49.0 Å². The summed E-state index contributed by atoms with van der Waals surface area (Å²) in [6.07, 6.45) is 0. The van der Waals surface area contributed by atoms with Gasteiger partial charge in [0.25, 0.3) is 0 Å². The molecule has 0 unspecified atom stereocenters. The van der Waals surface area contributed by atoms with Crippen molar-refractivity contribution in [2.24, 2.45) is 0 Å². The molecule has 0 radical (unpaired) electrons. The van der Waals surface area contributed by atoms with E-state index in [1.807, 2.05) is 0 Å². The molecule has 134 valence electrons. The van der Waals surface area contributed by atoms with E-state index in [0.29, 0.717) is 0 Å². The second-order valence-corrected chi connectivity index (χ2v) is 8.80. The van der Waals surface area contributed by atoms with Crippen LogP contribution in [0, 0.1) is 13.8 Å². The monoisotopic (exact) mass is 352 g/mol. The number of furan rings is 1. The van der Waals surface area contributed by atoms with Crippen LogP contribution in [0.5, 0.6) is 0 Å². The molecule has 5 rings (SSSR count). The summed E-state index contributed by atoms with van der Waals surface area (Å²) >= 11 is 0. The number of aryl methyl sites for hydroxylation is 2. The van der Waals surface area contributed by atoms with Crippen LogP contribution in [0.15, 0.2) is 59.0 Å². The molecule has 0 spiro atoms. The van der Waals surface area contributed by atoms with Gasteiger partial charge in [-0.15, -0.1) is 0 Å². The molecule has 0 fully saturated rings. The highest BCUT2D eigenvalue weighted by atomic mass is 16.3. The van der Waals surface area contributed by atoms with Crippen molar-refractivity contribution in [2.45, 2.75) is 40.0 Å². The van der Waals surface area contributed by atoms with Crippen molar-refractivity contribution in [3.63, 3.8) is 0 Å². The minimum atomic E-state index is 0.0377. The third-order valence-electron chi connectivity index (χ3n) is 5.75. The van der Waals surface area contributed by atoms with E-state index in [4.69, 9.17) is 4.42 Å². The molecule has 1 aromatic heterocycles. The fourth-order valence-electron chi connectivity index (χ4n) is 4.75. The van der Waals surface area contributed by atoms with Gasteiger partial charge in [-0.25, -0.2) is 0 Å². The minimum Gasteiger partial charge on any atom is -0.456 e. The van der Waals surface area contributed by atoms with Crippen molar-refractivity contribution in [2.75, 3.05) is 0 Å². The fraction of sp³-hybridized carbons (Fsp3) is 0.231. The van der Waals surface area contributed by atoms with Gasteiger partial charge in [-0.2, -0.15) is 0 Å². The van der Waals surface area contributed by atoms with Gasteiger partial charge in [0, 0.05) is 16.3 Å². The second kappa shape index (κ2) is 5.36. The van der Waals surface area contributed by atoms with E-state index < -0.39 is 0 Å². The lowest BCUT2D eigenvalue weighted by molar-refractivity contribution is 0.569. The van der Waals surface area contributed by atoms with Crippen LogP contribution < -0.4 is 0 Å². The van der Waals surface area contributed by atoms with Gasteiger partial charge in [0.05, 0.1) is 0 Å². The molecule has 1 heteroatoms. The van der Waals surface area contributed by atoms with Crippen LogP contribution in [-0.4, -0.2) is 0 Å². The predicted molar refractivity (Wildman–Crippen MR) is 117 cm³/mol. The molecule has 0 aliphatic rings. The van der Waals surface area contributed by atoms with Crippen LogP contribution in [0.2, 0.25) is 0 Å². The van der Waals surface area contributed by atoms with Crippen molar-refractivity contribution in [3.05, 3.63) is 71.3 Å². The smallest absolute Gasteiger partial charge is 0.139 e. The Morgan fingerprint density at radius 3 is 2.22 bits per heavy atom. The van der Waals surface area contributed by atoms with E-state index in [-0.39, 0.29) is 5.41 Å². The Labute approximate surface area is 159 Å². The topological polar surface area (TPSA) is 13.1 Å². The van der Waals surface area contributed by atoms with E-state index in [2.05, 4.69) is 89.2 Å². The van der Waals surface area contributed by atoms with Crippen LogP contribution in [0.1, 0.15) is 37.5 Å². The zero-order chi connectivity index (χ0) is 18.9. The number of hydrogen-bond acceptors (Lipinski definition) is 1. The van der Waals surface area contributed by atoms with E-state index in [9.17, 15) is 0 Å². The first-order valence-corrected chi connectivity index (χ1v) is 9.63. The summed E-state index contributed by atoms with van der Waals surface area (Å²) in [6.45, 7) is 11.2. The third-order valence-corrected chi connectivity index (χ3v) is 5.75. The predicted octanol–water partition coefficient (Wildman–Crippen LogP) is 7.81. The molecule has 0 N–H and O–H groups in total. The molecule has 1 nitrogen and oxygen atoms in total. The van der Waals surface area contributed by atoms with E-state index >= 15 is 0 Å². The van der Waals surface area contributed by atoms with Crippen molar-refractivity contribution >= 4 is 43.5 Å². The summed E-state index contributed by atoms with van der Waals surface area (Å²) in [6, 6.07) is 19.8. The summed E-state index contributed by atoms with van der Waals surface area (Å²) < 4.78 is 6.53. The van der Waals surface area contributed by atoms with Gasteiger partial charge in [-0.1, -0.05) is 63.2 Å². The molecule has 0 bridgehead atoms. The van der Waals surface area contributed by atoms with Gasteiger partial charge in [-0.3, -0.25) is 0 Å². The Balaban J connectivity index is 1.99. The molecule has 5 aromatic rings. The molecule has 0 atom stereocenters. The van der Waals surface area contributed by atoms with Gasteiger partial charge in [0.1, 0.15) is 11.2 Å². The van der Waals surface area contributed by atoms with Crippen LogP contribution in [0.4, 0.5) is 0 Å². The molecule has 0 saturated heterocycles. The quantitative estimate of drug-likeness (QED) is 0.259. The van der Waals surface area contributed by atoms with Gasteiger partial charge in [-0.05, 0) is 64.1 Å². The average molecular weight is 352 g/mol. The lowest BCUT2D eigenvalue weighted by Gasteiger charge is -2.22. The Bertz CT molecular complexity index is 1360. The third kappa shape index (κ3) is 2.31. The molecule has 0 amide bonds. The second-order valence-electron chi connectivity index (χ2n) is 8.80. The SMILES string of the molecule is Cc1cc(C)c2c(oc3cc4c(ccc5ccccc54)cc32)c1C(C)(C)C. The molecule has 27 heavy (non-hydrogen) atoms. The highest BCUT2D eigenvalue weighted by molar-refractivity contribution is 6.17. The largest absolute Gasteiger partial charge is 0.456 e. The molecule has 4 aromatic carbocycles. The van der Waals surface area contributed by atoms with E-state index in [1.54, 1.807) is 0 Å². The molecule has 0 saturated carbocycles. The summed E-state index contributed by atoms with van der Waals surface area (Å²) in [4.78, 5) is 0. The summed E-state index contributed by atoms with van der Waals surface area (Å²) in [5.74, 6) is 0. The highest BCUT2D eigenvalue weighted by Crippen LogP contribution is 2.41. The van der Waals surface area contributed by atoms with Crippen molar-refractivity contribution in [3.8, 4) is 0 Å². The first-order chi connectivity index (χ1) is 12.8. The Morgan fingerprint density at radius 1 is 0.704 bits per heavy atom. The van der Waals surface area contributed by atoms with Crippen LogP contribution in [0.25, 0.3) is 43.5 Å². The normalized spacial score (nSPS) is 12.6. The number of rotatable bonds is 0. The molecule has 1 heterocycles. The first kappa shape index (κ1) is 16.4. The standard InChI is InChI=1S/C26H24O/c1-15-12-16(2)24(26(3,4)5)25-23(15)21-13-18-11-10-17-8-6-7-9-19(17)20(18)14-22(21)27-25/h6-14H,1-5H3. The summed E-state index contributed by atoms with van der Waals surface area (Å²) in [5, 5.41) is 7.54. The van der Waals surface area contributed by atoms with Crippen LogP contribution in [0.3, 0.4) is 0 Å². The van der Waals surface area contributed by atoms with Gasteiger partial charge < -0.3 is 4.42 Å². The fourth-order valence-corrected chi connectivity index (χ4v) is 4.75. The van der Waals surface area contributed by atoms with Crippen LogP contribution in [-0.2, 0) is 5.41 Å². The minimum absolute atomic E-state index is 0.0377. The zero-order valence-electron chi connectivity index (χ0n) is 16.6. The highest BCUT2D eigenvalue weighted by Gasteiger charge is 2.24. The first-order valence-electron chi connectivity index (χ1n) is 9.63. The lowest BCUT2D eigenvalue weighted by Crippen LogP contribution is -2.13. The number of hydrogen-bond donors (Lipinski definition) is 0. The maximum absolute atomic E-state index is 6.53. The Kier molecular flexibility index (Phi) is 3.25. The maximum atomic E-state index is 6.53. The Hall–Kier alpha value is -2.80. The van der Waals surface area contributed by atoms with Gasteiger partial charge >= 0.3 is 0 Å². The van der Waals surface area contributed by atoms with Gasteiger partial charge in [0.2, 0.25) is 0 Å². The Morgan fingerprint density at radius 2 is 1.44 bits per heavy atom. The average Bonchev–Trinajstić information content (AvgIpc) is 2.96. The van der Waals surface area contributed by atoms with Crippen LogP contribution >= 0.6 is 0 Å². The van der Waals surface area contributed by atoms with Gasteiger partial charge in [0.15, 0.2) is 0 Å². The lowest BCUT2D eigenvalue weighted by atomic mass is 9.82. The zero-order valence-corrected chi connectivity index (χ0v) is 16.6. The number of fused-ring (bicyclic) bond motifs is 6. The summed E-state index contributed by atoms with van der Waals surface area (Å²) in [5.41, 5.74) is 5.97. The van der Waals surface area contributed by atoms with Crippen molar-refractivity contribution < 1.29 is 4.42 Å². The summed E-state index contributed by atoms with van der Waals surface area (Å²) in [7, 11) is 0. The van der Waals surface area contributed by atoms with Crippen molar-refractivity contribution in [1.29, 1.82) is 0 Å². The molecular weight excluding hydrogens is 328 g/mol. The van der Waals surface area contributed by atoms with E-state index in [0.717, 1.165) is 11.2 Å². The molecule has 0 aliphatic heterocycles. The van der Waals surface area contributed by atoms with Crippen molar-refractivity contribution in [1.82, 2.24) is 0 Å². The molecule has 0 aliphatic carbocycles. The number of benzene rings is 4.